The van der Waals surface area contributed by atoms with E-state index >= 15 is 4.79 Å². The van der Waals surface area contributed by atoms with Crippen LogP contribution in [0.1, 0.15) is 166 Å². The zero-order chi connectivity index (χ0) is 44.8. The predicted octanol–water partition coefficient (Wildman–Crippen LogP) is 7.66. The van der Waals surface area contributed by atoms with Crippen molar-refractivity contribution in [1.29, 1.82) is 0 Å². The highest BCUT2D eigenvalue weighted by atomic mass is 33.1. The van der Waals surface area contributed by atoms with Gasteiger partial charge in [-0.25, -0.2) is 4.79 Å². The number of carbonyl (C=O) groups is 3. The van der Waals surface area contributed by atoms with Crippen molar-refractivity contribution in [1.82, 2.24) is 16.0 Å². The SMILES string of the molecule is CC(=O)OC(CC(OC(=O)C12CCCCC1CCC(=O)N2)C1(C2CCC3CCOc4c(O)ccc2c43)CCNCC1)C1CCC(O)C(NCCCC(C)C)CSSCC(C)(O)CC1. The van der Waals surface area contributed by atoms with E-state index in [-0.39, 0.29) is 53.8 Å². The molecule has 12 nitrogen and oxygen atoms in total. The second kappa shape index (κ2) is 21.6. The first-order valence-corrected chi connectivity index (χ1v) is 27.0. The lowest BCUT2D eigenvalue weighted by Gasteiger charge is -2.53. The monoisotopic (exact) mass is 916 g/mol. The second-order valence-electron chi connectivity index (χ2n) is 20.7. The summed E-state index contributed by atoms with van der Waals surface area (Å²) in [5, 5.41) is 45.0. The van der Waals surface area contributed by atoms with Crippen LogP contribution in [0.4, 0.5) is 0 Å². The van der Waals surface area contributed by atoms with Crippen molar-refractivity contribution in [2.24, 2.45) is 23.2 Å². The quantitative estimate of drug-likeness (QED) is 0.0647. The molecule has 10 unspecified atom stereocenters. The Morgan fingerprint density at radius 3 is 2.57 bits per heavy atom. The van der Waals surface area contributed by atoms with Gasteiger partial charge in [-0.2, -0.15) is 0 Å². The molecule has 63 heavy (non-hydrogen) atoms. The first-order chi connectivity index (χ1) is 30.2. The maximum Gasteiger partial charge on any atom is 0.332 e. The summed E-state index contributed by atoms with van der Waals surface area (Å²) in [5.41, 5.74) is -0.451. The normalized spacial score (nSPS) is 33.5. The molecular formula is C49H77N3O9S2. The fourth-order valence-electron chi connectivity index (χ4n) is 12.3. The third-order valence-electron chi connectivity index (χ3n) is 15.9. The summed E-state index contributed by atoms with van der Waals surface area (Å²) in [6.07, 6.45) is 10.8. The molecule has 4 fully saturated rings. The number of fused-ring (bicyclic) bond motifs is 1. The van der Waals surface area contributed by atoms with E-state index in [1.807, 2.05) is 6.92 Å². The van der Waals surface area contributed by atoms with Gasteiger partial charge in [0.1, 0.15) is 17.7 Å². The predicted molar refractivity (Wildman–Crippen MR) is 249 cm³/mol. The second-order valence-corrected chi connectivity index (χ2v) is 23.2. The van der Waals surface area contributed by atoms with Gasteiger partial charge in [0.05, 0.1) is 18.3 Å². The number of hydrogen-bond donors (Lipinski definition) is 6. The molecule has 4 heterocycles. The van der Waals surface area contributed by atoms with Crippen molar-refractivity contribution in [2.45, 2.75) is 191 Å². The number of nitrogens with one attached hydrogen (secondary N) is 3. The third-order valence-corrected chi connectivity index (χ3v) is 18.5. The summed E-state index contributed by atoms with van der Waals surface area (Å²) in [6.45, 7) is 10.6. The number of aliphatic hydroxyl groups excluding tert-OH is 1. The number of phenols is 1. The summed E-state index contributed by atoms with van der Waals surface area (Å²) in [4.78, 5) is 41.8. The van der Waals surface area contributed by atoms with E-state index in [0.717, 1.165) is 69.0 Å². The van der Waals surface area contributed by atoms with Gasteiger partial charge in [0, 0.05) is 48.3 Å². The van der Waals surface area contributed by atoms with Gasteiger partial charge in [-0.05, 0) is 158 Å². The molecule has 6 N–H and O–H groups in total. The van der Waals surface area contributed by atoms with Gasteiger partial charge in [-0.1, -0.05) is 54.3 Å². The minimum atomic E-state index is -1.11. The lowest BCUT2D eigenvalue weighted by molar-refractivity contribution is -0.182. The molecule has 0 aromatic heterocycles. The largest absolute Gasteiger partial charge is 0.504 e. The Balaban J connectivity index is 1.27. The number of piperidine rings is 2. The van der Waals surface area contributed by atoms with Crippen LogP contribution in [0.3, 0.4) is 0 Å². The van der Waals surface area contributed by atoms with Gasteiger partial charge in [-0.15, -0.1) is 0 Å². The van der Waals surface area contributed by atoms with E-state index in [9.17, 15) is 24.9 Å². The van der Waals surface area contributed by atoms with Crippen LogP contribution in [0.15, 0.2) is 12.1 Å². The molecule has 1 amide bonds. The molecule has 4 aliphatic heterocycles. The van der Waals surface area contributed by atoms with E-state index in [4.69, 9.17) is 14.2 Å². The van der Waals surface area contributed by atoms with E-state index in [1.165, 1.54) is 6.92 Å². The van der Waals surface area contributed by atoms with Crippen molar-refractivity contribution in [2.75, 3.05) is 37.7 Å². The first-order valence-electron chi connectivity index (χ1n) is 24.5. The summed E-state index contributed by atoms with van der Waals surface area (Å²) in [7, 11) is 3.32. The van der Waals surface area contributed by atoms with Crippen LogP contribution in [-0.4, -0.2) is 106 Å². The van der Waals surface area contributed by atoms with E-state index in [1.54, 1.807) is 27.7 Å². The average Bonchev–Trinajstić information content (AvgIpc) is 3.25. The molecule has 0 spiro atoms. The van der Waals surface area contributed by atoms with Crippen molar-refractivity contribution >= 4 is 39.4 Å². The van der Waals surface area contributed by atoms with Gasteiger partial charge in [-0.3, -0.25) is 9.59 Å². The Bertz CT molecular complexity index is 1720. The van der Waals surface area contributed by atoms with Crippen LogP contribution < -0.4 is 20.7 Å². The number of hydrogen-bond acceptors (Lipinski definition) is 13. The average molecular weight is 916 g/mol. The molecule has 2 aliphatic carbocycles. The lowest BCUT2D eigenvalue weighted by Crippen LogP contribution is -2.65. The zero-order valence-electron chi connectivity index (χ0n) is 38.4. The number of phenolic OH excluding ortho intramolecular Hbond substituents is 1. The number of benzene rings is 1. The van der Waals surface area contributed by atoms with E-state index in [0.29, 0.717) is 101 Å². The van der Waals surface area contributed by atoms with Crippen LogP contribution in [0.5, 0.6) is 11.5 Å². The van der Waals surface area contributed by atoms with Crippen molar-refractivity contribution in [3.05, 3.63) is 23.3 Å². The van der Waals surface area contributed by atoms with Gasteiger partial charge in [0.25, 0.3) is 0 Å². The molecule has 0 bridgehead atoms. The molecule has 6 aliphatic rings. The molecule has 7 rings (SSSR count). The highest BCUT2D eigenvalue weighted by Crippen LogP contribution is 2.59. The van der Waals surface area contributed by atoms with Crippen LogP contribution in [0, 0.1) is 23.2 Å². The van der Waals surface area contributed by atoms with Crippen LogP contribution in [0.25, 0.3) is 0 Å². The van der Waals surface area contributed by atoms with Crippen molar-refractivity contribution < 1.29 is 43.9 Å². The molecule has 14 heteroatoms. The molecular weight excluding hydrogens is 839 g/mol. The minimum absolute atomic E-state index is 0.0139. The van der Waals surface area contributed by atoms with Crippen LogP contribution in [0.2, 0.25) is 0 Å². The standard InChI is InChI=1S/C49H77N3O9S2/c1-31(2)8-7-24-51-38-29-62-63-30-47(4,58)21-18-33(11-15-39(38)54)41(60-32(3)53)28-42(61-46(57)49-20-6-5-9-35(49)12-17-43(56)52-49)48(22-25-50-26-23-48)37-14-10-34-19-27-59-45-40(55)16-13-36(37)44(34)45/h13,16,31,33-35,37-39,41-42,50-51,54-55,58H,5-12,14-15,17-30H2,1-4H3,(H,52,56). The van der Waals surface area contributed by atoms with Crippen LogP contribution >= 0.6 is 21.6 Å². The summed E-state index contributed by atoms with van der Waals surface area (Å²) >= 11 is 0. The molecule has 3 saturated heterocycles. The number of amides is 1. The number of rotatable bonds is 13. The highest BCUT2D eigenvalue weighted by molar-refractivity contribution is 8.76. The maximum atomic E-state index is 15.3. The summed E-state index contributed by atoms with van der Waals surface area (Å²) in [6, 6.07) is 3.67. The Hall–Kier alpha value is -2.23. The molecule has 1 aromatic carbocycles. The number of aliphatic hydroxyl groups is 2. The van der Waals surface area contributed by atoms with Gasteiger partial charge in [0.15, 0.2) is 11.5 Å². The first kappa shape index (κ1) is 48.7. The lowest BCUT2D eigenvalue weighted by atomic mass is 9.57. The molecule has 1 saturated carbocycles. The molecule has 0 radical (unpaired) electrons. The topological polar surface area (TPSA) is 176 Å². The minimum Gasteiger partial charge on any atom is -0.504 e. The summed E-state index contributed by atoms with van der Waals surface area (Å²) in [5.74, 6) is 1.59. The fourth-order valence-corrected chi connectivity index (χ4v) is 15.1. The van der Waals surface area contributed by atoms with Gasteiger partial charge < -0.3 is 45.5 Å². The van der Waals surface area contributed by atoms with Gasteiger partial charge >= 0.3 is 11.9 Å². The van der Waals surface area contributed by atoms with Crippen LogP contribution in [-0.2, 0) is 23.9 Å². The maximum absolute atomic E-state index is 15.3. The number of carbonyl (C=O) groups excluding carboxylic acids is 3. The smallest absolute Gasteiger partial charge is 0.332 e. The number of aromatic hydroxyl groups is 1. The van der Waals surface area contributed by atoms with E-state index in [2.05, 4.69) is 35.9 Å². The van der Waals surface area contributed by atoms with E-state index < -0.39 is 40.8 Å². The summed E-state index contributed by atoms with van der Waals surface area (Å²) < 4.78 is 19.8. The Kier molecular flexibility index (Phi) is 16.7. The Labute approximate surface area is 384 Å². The number of ether oxygens (including phenoxy) is 3. The van der Waals surface area contributed by atoms with Crippen molar-refractivity contribution in [3.8, 4) is 11.5 Å². The molecule has 1 aromatic rings. The number of esters is 2. The third kappa shape index (κ3) is 11.5. The zero-order valence-corrected chi connectivity index (χ0v) is 40.1. The Morgan fingerprint density at radius 1 is 0.984 bits per heavy atom. The highest BCUT2D eigenvalue weighted by Gasteiger charge is 2.57. The molecule has 10 atom stereocenters. The van der Waals surface area contributed by atoms with Crippen molar-refractivity contribution in [3.63, 3.8) is 0 Å². The van der Waals surface area contributed by atoms with Gasteiger partial charge in [0.2, 0.25) is 5.91 Å². The molecule has 354 valence electrons. The Morgan fingerprint density at radius 2 is 1.79 bits per heavy atom. The fraction of sp³-hybridized carbons (Fsp3) is 0.816.